The number of hydrogen-bond donors (Lipinski definition) is 0. The molecule has 1 aromatic carbocycles. The molecule has 0 unspecified atom stereocenters. The zero-order valence-electron chi connectivity index (χ0n) is 11.1. The third-order valence-electron chi connectivity index (χ3n) is 2.62. The Hall–Kier alpha value is -2.87. The zero-order chi connectivity index (χ0) is 14.5. The van der Waals surface area contributed by atoms with E-state index in [9.17, 15) is 4.79 Å². The van der Waals surface area contributed by atoms with Crippen molar-refractivity contribution in [2.75, 3.05) is 7.11 Å². The third kappa shape index (κ3) is 2.93. The normalized spacial score (nSPS) is 9.65. The third-order valence-corrected chi connectivity index (χ3v) is 2.62. The first-order valence-corrected chi connectivity index (χ1v) is 5.87. The molecular formula is C15H12N2O3. The fourth-order valence-electron chi connectivity index (χ4n) is 1.58. The van der Waals surface area contributed by atoms with Gasteiger partial charge in [0.15, 0.2) is 0 Å². The number of hydrogen-bond acceptors (Lipinski definition) is 5. The quantitative estimate of drug-likeness (QED) is 0.800. The van der Waals surface area contributed by atoms with E-state index in [0.29, 0.717) is 17.2 Å². The monoisotopic (exact) mass is 268 g/mol. The Morgan fingerprint density at radius 2 is 2.10 bits per heavy atom. The number of nitrogens with zero attached hydrogens (tertiary/aromatic N) is 2. The molecule has 0 bridgehead atoms. The first-order chi connectivity index (χ1) is 9.63. The first-order valence-electron chi connectivity index (χ1n) is 5.87. The maximum absolute atomic E-state index is 11.4. The number of carbonyl (C=O) groups excluding carboxylic acids is 1. The summed E-state index contributed by atoms with van der Waals surface area (Å²) in [6, 6.07) is 10.1. The number of rotatable bonds is 3. The van der Waals surface area contributed by atoms with Crippen LogP contribution in [0.15, 0.2) is 36.5 Å². The van der Waals surface area contributed by atoms with Gasteiger partial charge in [-0.25, -0.2) is 9.78 Å². The molecule has 0 radical (unpaired) electrons. The summed E-state index contributed by atoms with van der Waals surface area (Å²) in [6.45, 7) is 1.92. The number of aryl methyl sites for hydroxylation is 1. The molecule has 100 valence electrons. The van der Waals surface area contributed by atoms with Gasteiger partial charge in [0.2, 0.25) is 5.88 Å². The summed E-state index contributed by atoms with van der Waals surface area (Å²) in [4.78, 5) is 15.5. The Morgan fingerprint density at radius 1 is 1.30 bits per heavy atom. The van der Waals surface area contributed by atoms with Gasteiger partial charge in [-0.1, -0.05) is 6.07 Å². The van der Waals surface area contributed by atoms with Gasteiger partial charge < -0.3 is 9.47 Å². The Labute approximate surface area is 116 Å². The average Bonchev–Trinajstić information content (AvgIpc) is 2.49. The first kappa shape index (κ1) is 13.6. The van der Waals surface area contributed by atoms with Crippen LogP contribution in [0.25, 0.3) is 0 Å². The molecule has 0 aliphatic carbocycles. The highest BCUT2D eigenvalue weighted by molar-refractivity contribution is 5.90. The van der Waals surface area contributed by atoms with Crippen molar-refractivity contribution in [1.82, 2.24) is 4.98 Å². The van der Waals surface area contributed by atoms with Crippen LogP contribution in [0.4, 0.5) is 0 Å². The van der Waals surface area contributed by atoms with E-state index in [0.717, 1.165) is 5.56 Å². The van der Waals surface area contributed by atoms with E-state index in [1.165, 1.54) is 19.2 Å². The molecule has 0 saturated carbocycles. The molecule has 0 fully saturated rings. The summed E-state index contributed by atoms with van der Waals surface area (Å²) in [5.74, 6) is 0.232. The van der Waals surface area contributed by atoms with Crippen molar-refractivity contribution in [3.05, 3.63) is 53.2 Å². The van der Waals surface area contributed by atoms with Crippen molar-refractivity contribution < 1.29 is 14.3 Å². The van der Waals surface area contributed by atoms with E-state index in [1.807, 2.05) is 19.1 Å². The van der Waals surface area contributed by atoms with Gasteiger partial charge in [0.25, 0.3) is 0 Å². The van der Waals surface area contributed by atoms with E-state index >= 15 is 0 Å². The van der Waals surface area contributed by atoms with Crippen molar-refractivity contribution in [1.29, 1.82) is 5.26 Å². The Balaban J connectivity index is 2.30. The molecule has 1 aromatic heterocycles. The summed E-state index contributed by atoms with van der Waals surface area (Å²) in [5.41, 5.74) is 1.56. The van der Waals surface area contributed by atoms with Gasteiger partial charge in [-0.05, 0) is 30.7 Å². The predicted octanol–water partition coefficient (Wildman–Crippen LogP) is 2.84. The molecule has 0 spiro atoms. The predicted molar refractivity (Wildman–Crippen MR) is 71.5 cm³/mol. The summed E-state index contributed by atoms with van der Waals surface area (Å²) in [7, 11) is 1.29. The van der Waals surface area contributed by atoms with Gasteiger partial charge in [-0.3, -0.25) is 0 Å². The van der Waals surface area contributed by atoms with Gasteiger partial charge in [0.1, 0.15) is 11.8 Å². The van der Waals surface area contributed by atoms with Crippen molar-refractivity contribution in [2.24, 2.45) is 0 Å². The van der Waals surface area contributed by atoms with Crippen LogP contribution in [0, 0.1) is 18.3 Å². The van der Waals surface area contributed by atoms with E-state index < -0.39 is 5.97 Å². The van der Waals surface area contributed by atoms with Crippen LogP contribution in [-0.2, 0) is 4.74 Å². The molecule has 5 heteroatoms. The molecule has 2 rings (SSSR count). The fourth-order valence-corrected chi connectivity index (χ4v) is 1.58. The molecule has 0 aliphatic rings. The van der Waals surface area contributed by atoms with Gasteiger partial charge in [-0.15, -0.1) is 0 Å². The van der Waals surface area contributed by atoms with Crippen LogP contribution in [0.3, 0.4) is 0 Å². The van der Waals surface area contributed by atoms with Crippen LogP contribution < -0.4 is 4.74 Å². The molecule has 0 N–H and O–H groups in total. The SMILES string of the molecule is COC(=O)c1ccc(Oc2ccc(C)cn2)c(C#N)c1. The molecular weight excluding hydrogens is 256 g/mol. The molecule has 1 heterocycles. The average molecular weight is 268 g/mol. The number of carbonyl (C=O) groups is 1. The van der Waals surface area contributed by atoms with E-state index in [4.69, 9.17) is 10.00 Å². The van der Waals surface area contributed by atoms with Gasteiger partial charge in [-0.2, -0.15) is 5.26 Å². The van der Waals surface area contributed by atoms with E-state index in [2.05, 4.69) is 9.72 Å². The number of esters is 1. The zero-order valence-corrected chi connectivity index (χ0v) is 11.1. The Kier molecular flexibility index (Phi) is 3.96. The number of benzene rings is 1. The lowest BCUT2D eigenvalue weighted by atomic mass is 10.1. The molecule has 5 nitrogen and oxygen atoms in total. The summed E-state index contributed by atoms with van der Waals surface area (Å²) >= 11 is 0. The highest BCUT2D eigenvalue weighted by Crippen LogP contribution is 2.25. The van der Waals surface area contributed by atoms with Gasteiger partial charge >= 0.3 is 5.97 Å². The molecule has 0 amide bonds. The Morgan fingerprint density at radius 3 is 2.70 bits per heavy atom. The van der Waals surface area contributed by atoms with Crippen LogP contribution in [-0.4, -0.2) is 18.1 Å². The fraction of sp³-hybridized carbons (Fsp3) is 0.133. The summed E-state index contributed by atoms with van der Waals surface area (Å²) < 4.78 is 10.1. The van der Waals surface area contributed by atoms with Crippen LogP contribution in [0.2, 0.25) is 0 Å². The van der Waals surface area contributed by atoms with E-state index in [1.54, 1.807) is 18.3 Å². The second-order valence-electron chi connectivity index (χ2n) is 4.09. The van der Waals surface area contributed by atoms with Crippen molar-refractivity contribution in [3.8, 4) is 17.7 Å². The number of aromatic nitrogens is 1. The summed E-state index contributed by atoms with van der Waals surface area (Å²) in [6.07, 6.45) is 1.67. The standard InChI is InChI=1S/C15H12N2O3/c1-10-3-6-14(17-9-10)20-13-5-4-11(15(18)19-2)7-12(13)8-16/h3-7,9H,1-2H3. The smallest absolute Gasteiger partial charge is 0.337 e. The minimum Gasteiger partial charge on any atom is -0.465 e. The lowest BCUT2D eigenvalue weighted by Crippen LogP contribution is -2.02. The lowest BCUT2D eigenvalue weighted by molar-refractivity contribution is 0.0600. The molecule has 20 heavy (non-hydrogen) atoms. The number of pyridine rings is 1. The number of methoxy groups -OCH3 is 1. The lowest BCUT2D eigenvalue weighted by Gasteiger charge is -2.07. The van der Waals surface area contributed by atoms with Gasteiger partial charge in [0.05, 0.1) is 18.2 Å². The highest BCUT2D eigenvalue weighted by atomic mass is 16.5. The summed E-state index contributed by atoms with van der Waals surface area (Å²) in [5, 5.41) is 9.12. The van der Waals surface area contributed by atoms with Gasteiger partial charge in [0, 0.05) is 12.3 Å². The maximum atomic E-state index is 11.4. The van der Waals surface area contributed by atoms with Crippen molar-refractivity contribution >= 4 is 5.97 Å². The highest BCUT2D eigenvalue weighted by Gasteiger charge is 2.11. The largest absolute Gasteiger partial charge is 0.465 e. The minimum absolute atomic E-state index is 0.246. The maximum Gasteiger partial charge on any atom is 0.337 e. The molecule has 0 saturated heterocycles. The number of ether oxygens (including phenoxy) is 2. The number of nitriles is 1. The molecule has 0 aliphatic heterocycles. The van der Waals surface area contributed by atoms with Crippen molar-refractivity contribution in [2.45, 2.75) is 6.92 Å². The second kappa shape index (κ2) is 5.85. The van der Waals surface area contributed by atoms with E-state index in [-0.39, 0.29) is 5.56 Å². The minimum atomic E-state index is -0.499. The molecule has 0 atom stereocenters. The Bertz CT molecular complexity index is 673. The second-order valence-corrected chi connectivity index (χ2v) is 4.09. The topological polar surface area (TPSA) is 72.2 Å². The van der Waals surface area contributed by atoms with Crippen LogP contribution in [0.5, 0.6) is 11.6 Å². The van der Waals surface area contributed by atoms with Crippen LogP contribution >= 0.6 is 0 Å². The molecule has 2 aromatic rings. The van der Waals surface area contributed by atoms with Crippen molar-refractivity contribution in [3.63, 3.8) is 0 Å². The van der Waals surface area contributed by atoms with Crippen LogP contribution in [0.1, 0.15) is 21.5 Å².